The first-order chi connectivity index (χ1) is 9.93. The highest BCUT2D eigenvalue weighted by Gasteiger charge is 2.20. The fraction of sp³-hybridized carbons (Fsp3) is 0.429. The Morgan fingerprint density at radius 2 is 1.14 bits per heavy atom. The summed E-state index contributed by atoms with van der Waals surface area (Å²) >= 11 is 0. The van der Waals surface area contributed by atoms with Crippen molar-refractivity contribution in [1.29, 1.82) is 0 Å². The van der Waals surface area contributed by atoms with Crippen LogP contribution in [0.15, 0.2) is 42.5 Å². The lowest BCUT2D eigenvalue weighted by molar-refractivity contribution is 0.750. The van der Waals surface area contributed by atoms with Gasteiger partial charge in [-0.1, -0.05) is 84.0 Å². The molecule has 0 spiro atoms. The smallest absolute Gasteiger partial charge is 0.0146 e. The molecular weight excluding hydrogens is 266 g/mol. The number of hydrogen-bond donors (Lipinski definition) is 1. The molecule has 2 aromatic rings. The predicted octanol–water partition coefficient (Wildman–Crippen LogP) is 6.89. The fourth-order valence-corrected chi connectivity index (χ4v) is 3.29. The highest BCUT2D eigenvalue weighted by Crippen LogP contribution is 2.39. The summed E-state index contributed by atoms with van der Waals surface area (Å²) in [5, 5.41) is 0. The Balaban J connectivity index is 0.00000242. The van der Waals surface area contributed by atoms with E-state index in [1.54, 1.807) is 5.56 Å². The summed E-state index contributed by atoms with van der Waals surface area (Å²) in [5.41, 5.74) is 7.33. The van der Waals surface area contributed by atoms with E-state index in [0.29, 0.717) is 17.8 Å². The molecule has 0 heterocycles. The molecule has 2 aromatic carbocycles. The normalized spacial score (nSPS) is 11.1. The van der Waals surface area contributed by atoms with Crippen LogP contribution < -0.4 is 6.15 Å². The van der Waals surface area contributed by atoms with Crippen molar-refractivity contribution in [2.75, 3.05) is 0 Å². The van der Waals surface area contributed by atoms with Crippen molar-refractivity contribution < 1.29 is 0 Å². The van der Waals surface area contributed by atoms with Crippen molar-refractivity contribution in [2.24, 2.45) is 0 Å². The zero-order valence-electron chi connectivity index (χ0n) is 15.0. The van der Waals surface area contributed by atoms with E-state index in [2.05, 4.69) is 84.0 Å². The Bertz CT molecular complexity index is 595. The maximum atomic E-state index is 2.34. The van der Waals surface area contributed by atoms with Crippen LogP contribution >= 0.6 is 0 Å². The summed E-state index contributed by atoms with van der Waals surface area (Å²) in [4.78, 5) is 0. The third-order valence-corrected chi connectivity index (χ3v) is 4.18. The van der Waals surface area contributed by atoms with Gasteiger partial charge in [-0.2, -0.15) is 0 Å². The Morgan fingerprint density at radius 3 is 1.59 bits per heavy atom. The molecule has 0 aromatic heterocycles. The van der Waals surface area contributed by atoms with Crippen LogP contribution in [0.2, 0.25) is 0 Å². The van der Waals surface area contributed by atoms with Crippen LogP contribution in [0.4, 0.5) is 0 Å². The summed E-state index contributed by atoms with van der Waals surface area (Å²) < 4.78 is 0. The largest absolute Gasteiger partial charge is 0.344 e. The highest BCUT2D eigenvalue weighted by atomic mass is 14.2. The Morgan fingerprint density at radius 1 is 0.591 bits per heavy atom. The highest BCUT2D eigenvalue weighted by molar-refractivity contribution is 5.71. The molecule has 22 heavy (non-hydrogen) atoms. The van der Waals surface area contributed by atoms with E-state index in [0.717, 1.165) is 0 Å². The minimum Gasteiger partial charge on any atom is -0.344 e. The van der Waals surface area contributed by atoms with Gasteiger partial charge in [0.2, 0.25) is 0 Å². The fourth-order valence-electron chi connectivity index (χ4n) is 3.29. The van der Waals surface area contributed by atoms with Crippen molar-refractivity contribution in [3.63, 3.8) is 0 Å². The van der Waals surface area contributed by atoms with Gasteiger partial charge < -0.3 is 6.15 Å². The van der Waals surface area contributed by atoms with Crippen molar-refractivity contribution in [2.45, 2.75) is 59.3 Å². The van der Waals surface area contributed by atoms with Gasteiger partial charge in [-0.25, -0.2) is 0 Å². The molecule has 0 atom stereocenters. The second-order valence-electron chi connectivity index (χ2n) is 6.86. The van der Waals surface area contributed by atoms with Crippen LogP contribution in [0.1, 0.15) is 76.0 Å². The molecule has 1 nitrogen and oxygen atoms in total. The van der Waals surface area contributed by atoms with Crippen molar-refractivity contribution in [1.82, 2.24) is 6.15 Å². The van der Waals surface area contributed by atoms with Crippen LogP contribution in [0.25, 0.3) is 11.1 Å². The molecule has 3 N–H and O–H groups in total. The predicted molar refractivity (Wildman–Crippen MR) is 99.2 cm³/mol. The standard InChI is InChI=1S/C21H28.H3N/c1-14(2)18-12-13-19(17-10-8-7-9-11-17)21(16(5)6)20(18)15(3)4;/h7-16H,1-6H3;1H3. The lowest BCUT2D eigenvalue weighted by Crippen LogP contribution is -2.07. The molecule has 0 radical (unpaired) electrons. The van der Waals surface area contributed by atoms with E-state index in [1.807, 2.05) is 0 Å². The molecule has 0 saturated heterocycles. The van der Waals surface area contributed by atoms with Gasteiger partial charge in [0.05, 0.1) is 0 Å². The van der Waals surface area contributed by atoms with E-state index < -0.39 is 0 Å². The van der Waals surface area contributed by atoms with Gasteiger partial charge in [-0.15, -0.1) is 0 Å². The maximum Gasteiger partial charge on any atom is -0.0146 e. The third-order valence-electron chi connectivity index (χ3n) is 4.18. The molecule has 0 unspecified atom stereocenters. The van der Waals surface area contributed by atoms with Crippen LogP contribution in [0.5, 0.6) is 0 Å². The van der Waals surface area contributed by atoms with Gasteiger partial charge >= 0.3 is 0 Å². The lowest BCUT2D eigenvalue weighted by Gasteiger charge is -2.25. The first-order valence-corrected chi connectivity index (χ1v) is 8.15. The second-order valence-corrected chi connectivity index (χ2v) is 6.86. The first kappa shape index (κ1) is 18.4. The molecule has 0 fully saturated rings. The quantitative estimate of drug-likeness (QED) is 0.655. The van der Waals surface area contributed by atoms with E-state index in [-0.39, 0.29) is 6.15 Å². The summed E-state index contributed by atoms with van der Waals surface area (Å²) in [5.74, 6) is 1.67. The van der Waals surface area contributed by atoms with Gasteiger partial charge in [0.15, 0.2) is 0 Å². The monoisotopic (exact) mass is 297 g/mol. The van der Waals surface area contributed by atoms with Gasteiger partial charge in [0.25, 0.3) is 0 Å². The van der Waals surface area contributed by atoms with Crippen molar-refractivity contribution in [3.8, 4) is 11.1 Å². The third kappa shape index (κ3) is 3.59. The Hall–Kier alpha value is -1.60. The van der Waals surface area contributed by atoms with E-state index >= 15 is 0 Å². The molecule has 120 valence electrons. The van der Waals surface area contributed by atoms with E-state index in [1.165, 1.54) is 22.3 Å². The molecular formula is C21H31N. The van der Waals surface area contributed by atoms with Crippen LogP contribution in [0.3, 0.4) is 0 Å². The molecule has 0 amide bonds. The van der Waals surface area contributed by atoms with Gasteiger partial charge in [0.1, 0.15) is 0 Å². The zero-order chi connectivity index (χ0) is 15.6. The van der Waals surface area contributed by atoms with E-state index in [4.69, 9.17) is 0 Å². The molecule has 2 rings (SSSR count). The molecule has 0 saturated carbocycles. The summed E-state index contributed by atoms with van der Waals surface area (Å²) in [6.45, 7) is 13.9. The van der Waals surface area contributed by atoms with Crippen LogP contribution in [-0.4, -0.2) is 0 Å². The first-order valence-electron chi connectivity index (χ1n) is 8.15. The Labute approximate surface area is 136 Å². The molecule has 1 heteroatoms. The molecule has 0 bridgehead atoms. The van der Waals surface area contributed by atoms with Gasteiger partial charge in [0, 0.05) is 0 Å². The minimum atomic E-state index is 0. The summed E-state index contributed by atoms with van der Waals surface area (Å²) in [6.07, 6.45) is 0. The Kier molecular flexibility index (Phi) is 6.37. The molecule has 0 aliphatic carbocycles. The molecule has 0 aliphatic heterocycles. The van der Waals surface area contributed by atoms with Crippen LogP contribution in [0, 0.1) is 0 Å². The van der Waals surface area contributed by atoms with Gasteiger partial charge in [-0.05, 0) is 45.6 Å². The number of benzene rings is 2. The number of hydrogen-bond acceptors (Lipinski definition) is 1. The average molecular weight is 297 g/mol. The van der Waals surface area contributed by atoms with Gasteiger partial charge in [-0.3, -0.25) is 0 Å². The SMILES string of the molecule is CC(C)c1ccc(-c2ccccc2)c(C(C)C)c1C(C)C.N. The van der Waals surface area contributed by atoms with Crippen molar-refractivity contribution >= 4 is 0 Å². The minimum absolute atomic E-state index is 0. The zero-order valence-corrected chi connectivity index (χ0v) is 15.0. The van der Waals surface area contributed by atoms with E-state index in [9.17, 15) is 0 Å². The van der Waals surface area contributed by atoms with Crippen molar-refractivity contribution in [3.05, 3.63) is 59.2 Å². The number of rotatable bonds is 4. The van der Waals surface area contributed by atoms with Crippen LogP contribution in [-0.2, 0) is 0 Å². The lowest BCUT2D eigenvalue weighted by atomic mass is 9.79. The average Bonchev–Trinajstić information content (AvgIpc) is 2.46. The molecule has 0 aliphatic rings. The maximum absolute atomic E-state index is 2.34. The summed E-state index contributed by atoms with van der Waals surface area (Å²) in [7, 11) is 0. The topological polar surface area (TPSA) is 35.0 Å². The summed E-state index contributed by atoms with van der Waals surface area (Å²) in [6, 6.07) is 15.5. The second kappa shape index (κ2) is 7.60.